The number of fused-ring (bicyclic) bond motifs is 3. The van der Waals surface area contributed by atoms with Gasteiger partial charge < -0.3 is 10.0 Å². The van der Waals surface area contributed by atoms with Gasteiger partial charge in [-0.3, -0.25) is 0 Å². The third-order valence-electron chi connectivity index (χ3n) is 5.48. The van der Waals surface area contributed by atoms with E-state index < -0.39 is 5.60 Å². The van der Waals surface area contributed by atoms with Crippen molar-refractivity contribution in [2.75, 3.05) is 19.6 Å². The summed E-state index contributed by atoms with van der Waals surface area (Å²) in [5, 5.41) is 10.1. The van der Waals surface area contributed by atoms with E-state index in [1.165, 1.54) is 44.5 Å². The van der Waals surface area contributed by atoms with Crippen LogP contribution in [0.5, 0.6) is 0 Å². The van der Waals surface area contributed by atoms with Crippen LogP contribution in [0.4, 0.5) is 0 Å². The highest BCUT2D eigenvalue weighted by atomic mass is 16.3. The summed E-state index contributed by atoms with van der Waals surface area (Å²) in [6, 6.07) is 8.90. The number of hydrogen-bond acceptors (Lipinski definition) is 2. The second-order valence-corrected chi connectivity index (χ2v) is 6.48. The molecule has 2 heteroatoms. The molecule has 5 rings (SSSR count). The summed E-state index contributed by atoms with van der Waals surface area (Å²) in [6.45, 7) is 3.81. The van der Waals surface area contributed by atoms with Gasteiger partial charge in [0.25, 0.3) is 0 Å². The van der Waals surface area contributed by atoms with Gasteiger partial charge in [0.1, 0.15) is 0 Å². The maximum Gasteiger partial charge on any atom is 0.0899 e. The average molecular weight is 243 g/mol. The predicted molar refractivity (Wildman–Crippen MR) is 71.5 cm³/mol. The van der Waals surface area contributed by atoms with Crippen molar-refractivity contribution in [3.8, 4) is 0 Å². The molecule has 1 N–H and O–H groups in total. The molecule has 96 valence electrons. The van der Waals surface area contributed by atoms with E-state index >= 15 is 0 Å². The Hall–Kier alpha value is -0.860. The lowest BCUT2D eigenvalue weighted by atomic mass is 9.67. The van der Waals surface area contributed by atoms with Crippen LogP contribution in [0.3, 0.4) is 0 Å². The molecule has 1 aromatic rings. The fraction of sp³-hybridized carbons (Fsp3) is 0.625. The summed E-state index contributed by atoms with van der Waals surface area (Å²) in [5.74, 6) is 0. The van der Waals surface area contributed by atoms with Gasteiger partial charge in [-0.05, 0) is 68.3 Å². The van der Waals surface area contributed by atoms with Crippen molar-refractivity contribution in [1.82, 2.24) is 4.90 Å². The zero-order valence-corrected chi connectivity index (χ0v) is 10.9. The minimum atomic E-state index is -0.480. The predicted octanol–water partition coefficient (Wildman–Crippen LogP) is 2.41. The molecule has 3 heterocycles. The van der Waals surface area contributed by atoms with E-state index in [1.54, 1.807) is 0 Å². The molecule has 4 aliphatic rings. The van der Waals surface area contributed by atoms with Crippen LogP contribution in [0, 0.1) is 0 Å². The molecule has 0 amide bonds. The number of nitrogens with zero attached hydrogens (tertiary/aromatic N) is 1. The molecule has 1 aromatic carbocycles. The van der Waals surface area contributed by atoms with E-state index in [1.807, 2.05) is 0 Å². The fourth-order valence-corrected chi connectivity index (χ4v) is 3.80. The van der Waals surface area contributed by atoms with E-state index in [4.69, 9.17) is 0 Å². The van der Waals surface area contributed by atoms with Crippen LogP contribution < -0.4 is 0 Å². The number of rotatable bonds is 2. The van der Waals surface area contributed by atoms with E-state index in [2.05, 4.69) is 29.2 Å². The lowest BCUT2D eigenvalue weighted by molar-refractivity contribution is 0.0817. The first-order valence-electron chi connectivity index (χ1n) is 7.26. The van der Waals surface area contributed by atoms with E-state index in [-0.39, 0.29) is 0 Å². The summed E-state index contributed by atoms with van der Waals surface area (Å²) >= 11 is 0. The Morgan fingerprint density at radius 2 is 1.28 bits per heavy atom. The standard InChI is InChI=1S/C16H21NO/c18-16(5-6-16)14-3-1-13(2-4-14)15-7-10-17(11-8-15)12-9-15/h1-4,18H,5-12H2. The van der Waals surface area contributed by atoms with E-state index in [9.17, 15) is 5.11 Å². The van der Waals surface area contributed by atoms with Crippen LogP contribution in [0.2, 0.25) is 0 Å². The second kappa shape index (κ2) is 3.58. The minimum absolute atomic E-state index is 0.444. The van der Waals surface area contributed by atoms with E-state index in [0.717, 1.165) is 18.4 Å². The zero-order valence-electron chi connectivity index (χ0n) is 10.9. The van der Waals surface area contributed by atoms with Crippen molar-refractivity contribution in [3.05, 3.63) is 35.4 Å². The zero-order chi connectivity index (χ0) is 12.2. The molecule has 0 spiro atoms. The third-order valence-corrected chi connectivity index (χ3v) is 5.48. The average Bonchev–Trinajstić information content (AvgIpc) is 3.20. The maximum atomic E-state index is 10.1. The highest BCUT2D eigenvalue weighted by Crippen LogP contribution is 2.47. The summed E-state index contributed by atoms with van der Waals surface area (Å²) in [5.41, 5.74) is 2.59. The number of piperidine rings is 3. The molecule has 2 bridgehead atoms. The molecular formula is C16H21NO. The Morgan fingerprint density at radius 3 is 1.78 bits per heavy atom. The summed E-state index contributed by atoms with van der Waals surface area (Å²) < 4.78 is 0. The van der Waals surface area contributed by atoms with Gasteiger partial charge in [0.05, 0.1) is 5.60 Å². The van der Waals surface area contributed by atoms with Crippen molar-refractivity contribution in [1.29, 1.82) is 0 Å². The van der Waals surface area contributed by atoms with Crippen LogP contribution in [0.15, 0.2) is 24.3 Å². The number of aliphatic hydroxyl groups is 1. The lowest BCUT2D eigenvalue weighted by Gasteiger charge is -2.49. The van der Waals surface area contributed by atoms with Gasteiger partial charge in [0.15, 0.2) is 0 Å². The van der Waals surface area contributed by atoms with Crippen molar-refractivity contribution >= 4 is 0 Å². The topological polar surface area (TPSA) is 23.5 Å². The first-order valence-corrected chi connectivity index (χ1v) is 7.26. The van der Waals surface area contributed by atoms with Gasteiger partial charge >= 0.3 is 0 Å². The highest BCUT2D eigenvalue weighted by molar-refractivity contribution is 5.35. The summed E-state index contributed by atoms with van der Waals surface area (Å²) in [4.78, 5) is 2.59. The Kier molecular flexibility index (Phi) is 2.19. The SMILES string of the molecule is OC1(c2ccc(C34CCN(CC3)CC4)cc2)CC1. The Balaban J connectivity index is 1.64. The molecule has 3 aliphatic heterocycles. The van der Waals surface area contributed by atoms with E-state index in [0.29, 0.717) is 5.41 Å². The van der Waals surface area contributed by atoms with Crippen molar-refractivity contribution in [3.63, 3.8) is 0 Å². The fourth-order valence-electron chi connectivity index (χ4n) is 3.80. The molecule has 3 saturated heterocycles. The quantitative estimate of drug-likeness (QED) is 0.862. The molecular weight excluding hydrogens is 222 g/mol. The first kappa shape index (κ1) is 11.0. The first-order chi connectivity index (χ1) is 8.70. The molecule has 2 nitrogen and oxygen atoms in total. The number of benzene rings is 1. The minimum Gasteiger partial charge on any atom is -0.385 e. The van der Waals surface area contributed by atoms with Crippen LogP contribution in [0.25, 0.3) is 0 Å². The molecule has 0 unspecified atom stereocenters. The molecule has 1 saturated carbocycles. The normalized spacial score (nSPS) is 36.6. The van der Waals surface area contributed by atoms with Crippen LogP contribution in [-0.4, -0.2) is 29.6 Å². The van der Waals surface area contributed by atoms with Crippen LogP contribution >= 0.6 is 0 Å². The van der Waals surface area contributed by atoms with Gasteiger partial charge in [-0.15, -0.1) is 0 Å². The summed E-state index contributed by atoms with van der Waals surface area (Å²) in [7, 11) is 0. The van der Waals surface area contributed by atoms with Crippen molar-refractivity contribution < 1.29 is 5.11 Å². The molecule has 18 heavy (non-hydrogen) atoms. The molecule has 0 atom stereocenters. The largest absolute Gasteiger partial charge is 0.385 e. The van der Waals surface area contributed by atoms with Crippen molar-refractivity contribution in [2.45, 2.75) is 43.1 Å². The smallest absolute Gasteiger partial charge is 0.0899 e. The van der Waals surface area contributed by atoms with Crippen LogP contribution in [0.1, 0.15) is 43.2 Å². The highest BCUT2D eigenvalue weighted by Gasteiger charge is 2.43. The molecule has 0 radical (unpaired) electrons. The maximum absolute atomic E-state index is 10.1. The lowest BCUT2D eigenvalue weighted by Crippen LogP contribution is -2.50. The van der Waals surface area contributed by atoms with Gasteiger partial charge in [-0.1, -0.05) is 24.3 Å². The van der Waals surface area contributed by atoms with Crippen molar-refractivity contribution in [2.24, 2.45) is 0 Å². The summed E-state index contributed by atoms with van der Waals surface area (Å²) in [6.07, 6.45) is 5.82. The third kappa shape index (κ3) is 1.55. The number of hydrogen-bond donors (Lipinski definition) is 1. The second-order valence-electron chi connectivity index (χ2n) is 6.48. The Labute approximate surface area is 109 Å². The monoisotopic (exact) mass is 243 g/mol. The van der Waals surface area contributed by atoms with Gasteiger partial charge in [0.2, 0.25) is 0 Å². The van der Waals surface area contributed by atoms with Crippen LogP contribution in [-0.2, 0) is 11.0 Å². The molecule has 4 fully saturated rings. The molecule has 0 aromatic heterocycles. The van der Waals surface area contributed by atoms with Gasteiger partial charge in [-0.25, -0.2) is 0 Å². The van der Waals surface area contributed by atoms with Gasteiger partial charge in [0, 0.05) is 0 Å². The Bertz CT molecular complexity index is 439. The van der Waals surface area contributed by atoms with Gasteiger partial charge in [-0.2, -0.15) is 0 Å². The Morgan fingerprint density at radius 1 is 0.778 bits per heavy atom. The molecule has 1 aliphatic carbocycles.